The van der Waals surface area contributed by atoms with Crippen LogP contribution in [0.3, 0.4) is 0 Å². The second kappa shape index (κ2) is 11.0. The number of hydrogen-bond acceptors (Lipinski definition) is 4. The molecule has 0 atom stereocenters. The zero-order valence-corrected chi connectivity index (χ0v) is 23.5. The van der Waals surface area contributed by atoms with E-state index in [1.165, 1.54) is 27.0 Å². The topological polar surface area (TPSA) is 90.8 Å². The van der Waals surface area contributed by atoms with Gasteiger partial charge in [0.05, 0.1) is 28.4 Å². The molecular weight excluding hydrogens is 580 g/mol. The first-order valence-corrected chi connectivity index (χ1v) is 13.0. The van der Waals surface area contributed by atoms with E-state index in [9.17, 15) is 45.8 Å². The van der Waals surface area contributed by atoms with Gasteiger partial charge in [-0.2, -0.15) is 31.2 Å². The van der Waals surface area contributed by atoms with Crippen LogP contribution in [0.1, 0.15) is 48.9 Å². The van der Waals surface area contributed by atoms with E-state index in [4.69, 9.17) is 0 Å². The summed E-state index contributed by atoms with van der Waals surface area (Å²) in [5.74, 6) is -2.20. The lowest BCUT2D eigenvalue weighted by Gasteiger charge is -2.32. The summed E-state index contributed by atoms with van der Waals surface area (Å²) < 4.78 is 81.3. The summed E-state index contributed by atoms with van der Waals surface area (Å²) in [6, 6.07) is 9.18. The molecule has 3 amide bonds. The van der Waals surface area contributed by atoms with Gasteiger partial charge in [-0.3, -0.25) is 9.59 Å². The minimum absolute atomic E-state index is 0.0101. The van der Waals surface area contributed by atoms with Crippen molar-refractivity contribution in [3.05, 3.63) is 77.0 Å². The molecule has 0 spiro atoms. The van der Waals surface area contributed by atoms with Crippen LogP contribution in [0.4, 0.5) is 42.6 Å². The van der Waals surface area contributed by atoms with E-state index in [2.05, 4.69) is 4.98 Å². The van der Waals surface area contributed by atoms with Gasteiger partial charge in [0, 0.05) is 18.5 Å². The normalized spacial score (nSPS) is 13.9. The number of halogens is 6. The van der Waals surface area contributed by atoms with Gasteiger partial charge in [0.25, 0.3) is 0 Å². The number of carbonyl (C=O) groups excluding carboxylic acids is 2. The lowest BCUT2D eigenvalue weighted by molar-refractivity contribution is -0.143. The second-order valence-corrected chi connectivity index (χ2v) is 10.9. The summed E-state index contributed by atoms with van der Waals surface area (Å²) in [5.41, 5.74) is -3.94. The molecule has 0 aliphatic heterocycles. The summed E-state index contributed by atoms with van der Waals surface area (Å²) in [4.78, 5) is 44.4. The highest BCUT2D eigenvalue weighted by molar-refractivity contribution is 6.13. The van der Waals surface area contributed by atoms with Gasteiger partial charge in [-0.05, 0) is 74.6 Å². The Bertz CT molecular complexity index is 1560. The smallest absolute Gasteiger partial charge is 0.420 e. The largest absolute Gasteiger partial charge is 0.464 e. The summed E-state index contributed by atoms with van der Waals surface area (Å²) in [7, 11) is 1.28. The molecule has 7 nitrogen and oxygen atoms in total. The number of imide groups is 1. The number of pyridine rings is 1. The van der Waals surface area contributed by atoms with Crippen molar-refractivity contribution in [3.63, 3.8) is 0 Å². The number of alkyl halides is 6. The van der Waals surface area contributed by atoms with Crippen LogP contribution < -0.4 is 9.80 Å². The van der Waals surface area contributed by atoms with Crippen LogP contribution in [-0.2, 0) is 27.4 Å². The number of likely N-dealkylation sites (N-methyl/N-ethyl adjacent to an activating group) is 1. The zero-order chi connectivity index (χ0) is 32.1. The van der Waals surface area contributed by atoms with Crippen molar-refractivity contribution >= 4 is 29.4 Å². The predicted octanol–water partition coefficient (Wildman–Crippen LogP) is 7.46. The molecule has 4 rings (SSSR count). The van der Waals surface area contributed by atoms with Crippen LogP contribution in [-0.4, -0.2) is 35.0 Å². The number of carbonyl (C=O) groups is 3. The minimum atomic E-state index is -5.10. The van der Waals surface area contributed by atoms with Crippen molar-refractivity contribution in [2.24, 2.45) is 5.92 Å². The molecule has 1 aliphatic carbocycles. The van der Waals surface area contributed by atoms with Crippen LogP contribution in [0, 0.1) is 12.8 Å². The lowest BCUT2D eigenvalue weighted by atomic mass is 9.81. The van der Waals surface area contributed by atoms with Gasteiger partial charge in [-0.15, -0.1) is 0 Å². The van der Waals surface area contributed by atoms with Crippen molar-refractivity contribution in [2.45, 2.75) is 51.4 Å². The molecule has 0 unspecified atom stereocenters. The van der Waals surface area contributed by atoms with Gasteiger partial charge >= 0.3 is 18.4 Å². The molecule has 1 N–H and O–H groups in total. The Balaban J connectivity index is 1.84. The monoisotopic (exact) mass is 607 g/mol. The van der Waals surface area contributed by atoms with E-state index in [0.717, 1.165) is 11.1 Å². The van der Waals surface area contributed by atoms with E-state index in [1.807, 2.05) is 0 Å². The van der Waals surface area contributed by atoms with E-state index >= 15 is 0 Å². The Morgan fingerprint density at radius 2 is 1.40 bits per heavy atom. The quantitative estimate of drug-likeness (QED) is 0.294. The van der Waals surface area contributed by atoms with E-state index in [0.29, 0.717) is 41.0 Å². The molecule has 1 heterocycles. The van der Waals surface area contributed by atoms with Crippen molar-refractivity contribution in [1.82, 2.24) is 4.98 Å². The zero-order valence-electron chi connectivity index (χ0n) is 23.5. The molecule has 1 aliphatic rings. The highest BCUT2D eigenvalue weighted by Gasteiger charge is 2.42. The van der Waals surface area contributed by atoms with E-state index < -0.39 is 58.3 Å². The highest BCUT2D eigenvalue weighted by atomic mass is 19.4. The van der Waals surface area contributed by atoms with Crippen LogP contribution in [0.25, 0.3) is 11.1 Å². The Kier molecular flexibility index (Phi) is 8.07. The summed E-state index contributed by atoms with van der Waals surface area (Å²) in [6.45, 7) is 4.16. The van der Waals surface area contributed by atoms with Gasteiger partial charge in [0.2, 0.25) is 11.8 Å². The maximum Gasteiger partial charge on any atom is 0.420 e. The molecule has 0 saturated heterocycles. The molecule has 13 heteroatoms. The lowest BCUT2D eigenvalue weighted by Crippen LogP contribution is -2.42. The number of carboxylic acid groups (broad SMARTS) is 1. The number of rotatable bonds is 6. The molecule has 1 saturated carbocycles. The Labute approximate surface area is 242 Å². The summed E-state index contributed by atoms with van der Waals surface area (Å²) in [5, 5.41) is 9.79. The standard InChI is InChI=1S/C30H27F6N3O4/c1-16-7-5-6-8-21(16)22-14-24(39(27(42)43)25(40)17-9-10-17)37-15-23(22)38(4)26(41)28(2,3)18-11-19(29(31,32)33)13-20(12-18)30(34,35)36/h5-8,11-15,17H,9-10H2,1-4H3,(H,42,43). The number of anilines is 2. The maximum atomic E-state index is 13.9. The number of aromatic nitrogens is 1. The number of nitrogens with zero attached hydrogens (tertiary/aromatic N) is 3. The van der Waals surface area contributed by atoms with Crippen molar-refractivity contribution in [2.75, 3.05) is 16.8 Å². The van der Waals surface area contributed by atoms with Gasteiger partial charge < -0.3 is 10.0 Å². The molecular formula is C30H27F6N3O4. The van der Waals surface area contributed by atoms with Gasteiger partial charge in [-0.25, -0.2) is 9.78 Å². The fourth-order valence-corrected chi connectivity index (χ4v) is 4.70. The number of benzene rings is 2. The third-order valence-corrected chi connectivity index (χ3v) is 7.38. The Morgan fingerprint density at radius 1 is 0.860 bits per heavy atom. The Morgan fingerprint density at radius 3 is 1.88 bits per heavy atom. The maximum absolute atomic E-state index is 13.9. The number of hydrogen-bond donors (Lipinski definition) is 1. The third-order valence-electron chi connectivity index (χ3n) is 7.38. The third kappa shape index (κ3) is 6.35. The molecule has 0 bridgehead atoms. The van der Waals surface area contributed by atoms with Crippen molar-refractivity contribution < 1.29 is 45.8 Å². The average Bonchev–Trinajstić information content (AvgIpc) is 3.77. The van der Waals surface area contributed by atoms with Crippen molar-refractivity contribution in [1.29, 1.82) is 0 Å². The number of aryl methyl sites for hydroxylation is 1. The SMILES string of the molecule is Cc1ccccc1-c1cc(N(C(=O)O)C(=O)C2CC2)ncc1N(C)C(=O)C(C)(C)c1cc(C(F)(F)F)cc(C(F)(F)F)c1. The minimum Gasteiger partial charge on any atom is -0.464 e. The molecule has 43 heavy (non-hydrogen) atoms. The molecule has 1 aromatic heterocycles. The Hall–Kier alpha value is -4.42. The second-order valence-electron chi connectivity index (χ2n) is 10.9. The summed E-state index contributed by atoms with van der Waals surface area (Å²) >= 11 is 0. The highest BCUT2D eigenvalue weighted by Crippen LogP contribution is 2.41. The van der Waals surface area contributed by atoms with E-state index in [1.54, 1.807) is 31.2 Å². The van der Waals surface area contributed by atoms with Crippen LogP contribution >= 0.6 is 0 Å². The van der Waals surface area contributed by atoms with Gasteiger partial charge in [-0.1, -0.05) is 24.3 Å². The molecule has 228 valence electrons. The van der Waals surface area contributed by atoms with Crippen LogP contribution in [0.15, 0.2) is 54.7 Å². The van der Waals surface area contributed by atoms with Gasteiger partial charge in [0.1, 0.15) is 5.82 Å². The predicted molar refractivity (Wildman–Crippen MR) is 146 cm³/mol. The fourth-order valence-electron chi connectivity index (χ4n) is 4.70. The fraction of sp³-hybridized carbons (Fsp3) is 0.333. The first-order chi connectivity index (χ1) is 19.8. The molecule has 1 fully saturated rings. The van der Waals surface area contributed by atoms with Crippen molar-refractivity contribution in [3.8, 4) is 11.1 Å². The van der Waals surface area contributed by atoms with Gasteiger partial charge in [0.15, 0.2) is 0 Å². The van der Waals surface area contributed by atoms with Crippen LogP contribution in [0.2, 0.25) is 0 Å². The van der Waals surface area contributed by atoms with E-state index in [-0.39, 0.29) is 23.1 Å². The first kappa shape index (κ1) is 31.5. The number of amides is 3. The first-order valence-electron chi connectivity index (χ1n) is 13.0. The molecule has 3 aromatic rings. The molecule has 2 aromatic carbocycles. The van der Waals surface area contributed by atoms with Crippen LogP contribution in [0.5, 0.6) is 0 Å². The summed E-state index contributed by atoms with van der Waals surface area (Å²) in [6.07, 6.45) is -9.55. The molecule has 0 radical (unpaired) electrons. The average molecular weight is 608 g/mol.